The summed E-state index contributed by atoms with van der Waals surface area (Å²) in [5.74, 6) is -1.25. The highest BCUT2D eigenvalue weighted by atomic mass is 19.1. The second-order valence-corrected chi connectivity index (χ2v) is 7.25. The van der Waals surface area contributed by atoms with Crippen LogP contribution in [0.15, 0.2) is 30.6 Å². The number of hydrogen-bond donors (Lipinski definition) is 2. The molecule has 4 rings (SSSR count). The molecule has 2 aliphatic heterocycles. The van der Waals surface area contributed by atoms with Crippen LogP contribution in [0.4, 0.5) is 10.2 Å². The minimum Gasteiger partial charge on any atom is -0.351 e. The van der Waals surface area contributed by atoms with Crippen LogP contribution >= 0.6 is 0 Å². The number of hydrogen-bond acceptors (Lipinski definition) is 7. The molecule has 3 N–H and O–H groups in total. The van der Waals surface area contributed by atoms with E-state index in [-0.39, 0.29) is 24.8 Å². The van der Waals surface area contributed by atoms with Crippen molar-refractivity contribution in [1.29, 1.82) is 0 Å². The molecule has 9 nitrogen and oxygen atoms in total. The average molecular weight is 412 g/mol. The van der Waals surface area contributed by atoms with Crippen molar-refractivity contribution in [3.63, 3.8) is 0 Å². The van der Waals surface area contributed by atoms with Gasteiger partial charge in [0.2, 0.25) is 17.8 Å². The van der Waals surface area contributed by atoms with Gasteiger partial charge in [0.05, 0.1) is 0 Å². The number of nitrogens with one attached hydrogen (secondary N) is 1. The molecule has 1 aromatic heterocycles. The highest BCUT2D eigenvalue weighted by molar-refractivity contribution is 6.05. The normalized spacial score (nSPS) is 18.4. The lowest BCUT2D eigenvalue weighted by molar-refractivity contribution is -0.136. The smallest absolute Gasteiger partial charge is 0.255 e. The van der Waals surface area contributed by atoms with E-state index in [1.807, 2.05) is 11.0 Å². The Kier molecular flexibility index (Phi) is 5.40. The summed E-state index contributed by atoms with van der Waals surface area (Å²) < 4.78 is 13.6. The zero-order chi connectivity index (χ0) is 21.3. The third kappa shape index (κ3) is 3.73. The first kappa shape index (κ1) is 19.9. The summed E-state index contributed by atoms with van der Waals surface area (Å²) in [6.07, 6.45) is 1.66. The first-order valence-corrected chi connectivity index (χ1v) is 9.66. The molecular formula is C20H21FN6O3. The summed E-state index contributed by atoms with van der Waals surface area (Å²) in [5, 5.41) is 2.30. The van der Waals surface area contributed by atoms with E-state index in [1.54, 1.807) is 12.1 Å². The van der Waals surface area contributed by atoms with Gasteiger partial charge in [-0.2, -0.15) is 4.39 Å². The summed E-state index contributed by atoms with van der Waals surface area (Å²) in [6.45, 7) is 1.41. The molecular weight excluding hydrogens is 391 g/mol. The quantitative estimate of drug-likeness (QED) is 0.518. The highest BCUT2D eigenvalue weighted by Gasteiger charge is 2.39. The Balaban J connectivity index is 1.60. The van der Waals surface area contributed by atoms with Crippen LogP contribution in [0.3, 0.4) is 0 Å². The van der Waals surface area contributed by atoms with Gasteiger partial charge in [-0.15, -0.1) is 0 Å². The Morgan fingerprint density at radius 1 is 1.27 bits per heavy atom. The Morgan fingerprint density at radius 2 is 2.10 bits per heavy atom. The molecule has 0 bridgehead atoms. The lowest BCUT2D eigenvalue weighted by atomic mass is 10.0. The van der Waals surface area contributed by atoms with Crippen LogP contribution in [-0.2, 0) is 22.7 Å². The molecule has 3 amide bonds. The SMILES string of the molecule is NCCN(Cc1cccc2c1CN(C1CCC(=O)NC1=O)C2=O)c1cc(F)ncn1. The van der Waals surface area contributed by atoms with E-state index in [0.717, 1.165) is 17.5 Å². The Morgan fingerprint density at radius 3 is 2.83 bits per heavy atom. The molecule has 2 aliphatic rings. The first-order chi connectivity index (χ1) is 14.5. The molecule has 10 heteroatoms. The van der Waals surface area contributed by atoms with Crippen LogP contribution in [0.1, 0.15) is 34.3 Å². The van der Waals surface area contributed by atoms with Gasteiger partial charge >= 0.3 is 0 Å². The third-order valence-corrected chi connectivity index (χ3v) is 5.38. The monoisotopic (exact) mass is 412 g/mol. The Hall–Kier alpha value is -3.40. The maximum atomic E-state index is 13.6. The number of benzene rings is 1. The van der Waals surface area contributed by atoms with Crippen molar-refractivity contribution in [2.75, 3.05) is 18.0 Å². The minimum absolute atomic E-state index is 0.201. The largest absolute Gasteiger partial charge is 0.351 e. The average Bonchev–Trinajstić information content (AvgIpc) is 3.05. The maximum Gasteiger partial charge on any atom is 0.255 e. The fourth-order valence-electron chi connectivity index (χ4n) is 3.93. The first-order valence-electron chi connectivity index (χ1n) is 9.66. The van der Waals surface area contributed by atoms with Gasteiger partial charge in [0.1, 0.15) is 18.2 Å². The highest BCUT2D eigenvalue weighted by Crippen LogP contribution is 2.31. The maximum absolute atomic E-state index is 13.6. The van der Waals surface area contributed by atoms with Gasteiger partial charge < -0.3 is 15.5 Å². The predicted molar refractivity (Wildman–Crippen MR) is 105 cm³/mol. The van der Waals surface area contributed by atoms with Gasteiger partial charge in [0, 0.05) is 44.2 Å². The number of carbonyl (C=O) groups is 3. The van der Waals surface area contributed by atoms with Crippen LogP contribution in [-0.4, -0.2) is 51.7 Å². The van der Waals surface area contributed by atoms with Crippen LogP contribution in [0.2, 0.25) is 0 Å². The van der Waals surface area contributed by atoms with E-state index in [9.17, 15) is 18.8 Å². The van der Waals surface area contributed by atoms with Gasteiger partial charge in [-0.3, -0.25) is 19.7 Å². The molecule has 1 atom stereocenters. The summed E-state index contributed by atoms with van der Waals surface area (Å²) in [6, 6.07) is 5.96. The second kappa shape index (κ2) is 8.15. The number of carbonyl (C=O) groups excluding carboxylic acids is 3. The number of nitrogens with zero attached hydrogens (tertiary/aromatic N) is 4. The molecule has 156 valence electrons. The molecule has 30 heavy (non-hydrogen) atoms. The number of rotatable bonds is 6. The summed E-state index contributed by atoms with van der Waals surface area (Å²) in [4.78, 5) is 47.6. The topological polar surface area (TPSA) is 122 Å². The van der Waals surface area contributed by atoms with E-state index in [2.05, 4.69) is 15.3 Å². The summed E-state index contributed by atoms with van der Waals surface area (Å²) in [7, 11) is 0. The van der Waals surface area contributed by atoms with Crippen molar-refractivity contribution in [3.05, 3.63) is 53.2 Å². The molecule has 0 saturated carbocycles. The summed E-state index contributed by atoms with van der Waals surface area (Å²) in [5.41, 5.74) is 7.93. The summed E-state index contributed by atoms with van der Waals surface area (Å²) >= 11 is 0. The molecule has 0 radical (unpaired) electrons. The van der Waals surface area contributed by atoms with Gasteiger partial charge in [0.25, 0.3) is 5.91 Å². The Bertz CT molecular complexity index is 1010. The molecule has 1 fully saturated rings. The number of imide groups is 1. The van der Waals surface area contributed by atoms with Crippen LogP contribution in [0.25, 0.3) is 0 Å². The van der Waals surface area contributed by atoms with Crippen molar-refractivity contribution < 1.29 is 18.8 Å². The number of fused-ring (bicyclic) bond motifs is 1. The second-order valence-electron chi connectivity index (χ2n) is 7.25. The number of nitrogens with two attached hydrogens (primary N) is 1. The van der Waals surface area contributed by atoms with Crippen molar-refractivity contribution >= 4 is 23.5 Å². The van der Waals surface area contributed by atoms with Gasteiger partial charge in [-0.05, 0) is 23.6 Å². The van der Waals surface area contributed by atoms with Crippen LogP contribution in [0, 0.1) is 5.95 Å². The molecule has 1 saturated heterocycles. The lowest BCUT2D eigenvalue weighted by Gasteiger charge is -2.29. The van der Waals surface area contributed by atoms with Crippen molar-refractivity contribution in [2.24, 2.45) is 5.73 Å². The van der Waals surface area contributed by atoms with E-state index in [4.69, 9.17) is 5.73 Å². The number of piperidine rings is 1. The molecule has 2 aromatic rings. The van der Waals surface area contributed by atoms with Crippen LogP contribution < -0.4 is 16.0 Å². The molecule has 3 heterocycles. The number of halogens is 1. The van der Waals surface area contributed by atoms with Gasteiger partial charge in [-0.25, -0.2) is 9.97 Å². The van der Waals surface area contributed by atoms with E-state index in [1.165, 1.54) is 11.0 Å². The predicted octanol–water partition coefficient (Wildman–Crippen LogP) is 0.342. The van der Waals surface area contributed by atoms with Crippen molar-refractivity contribution in [2.45, 2.75) is 32.0 Å². The zero-order valence-corrected chi connectivity index (χ0v) is 16.2. The fourth-order valence-corrected chi connectivity index (χ4v) is 3.93. The molecule has 0 aliphatic carbocycles. The fraction of sp³-hybridized carbons (Fsp3) is 0.350. The third-order valence-electron chi connectivity index (χ3n) is 5.38. The van der Waals surface area contributed by atoms with E-state index in [0.29, 0.717) is 37.4 Å². The molecule has 1 aromatic carbocycles. The van der Waals surface area contributed by atoms with Gasteiger partial charge in [0.15, 0.2) is 0 Å². The number of anilines is 1. The minimum atomic E-state index is -0.674. The van der Waals surface area contributed by atoms with Crippen LogP contribution in [0.5, 0.6) is 0 Å². The standard InChI is InChI=1S/C20H21FN6O3/c21-16-8-17(24-11-23-16)26(7-6-22)9-12-2-1-3-13-14(12)10-27(20(13)30)15-4-5-18(28)25-19(15)29/h1-3,8,11,15H,4-7,9-10,22H2,(H,25,28,29). The van der Waals surface area contributed by atoms with E-state index < -0.39 is 17.9 Å². The van der Waals surface area contributed by atoms with Crippen molar-refractivity contribution in [1.82, 2.24) is 20.2 Å². The lowest BCUT2D eigenvalue weighted by Crippen LogP contribution is -2.52. The number of amides is 3. The number of aromatic nitrogens is 2. The molecule has 1 unspecified atom stereocenters. The van der Waals surface area contributed by atoms with Crippen molar-refractivity contribution in [3.8, 4) is 0 Å². The van der Waals surface area contributed by atoms with Gasteiger partial charge in [-0.1, -0.05) is 12.1 Å². The molecule has 0 spiro atoms. The van der Waals surface area contributed by atoms with E-state index >= 15 is 0 Å². The zero-order valence-electron chi connectivity index (χ0n) is 16.2. The Labute approximate surface area is 172 Å².